The Bertz CT molecular complexity index is 779. The fraction of sp³-hybridized carbons (Fsp3) is 0.368. The molecule has 0 amide bonds. The van der Waals surface area contributed by atoms with E-state index in [1.54, 1.807) is 0 Å². The molecule has 3 rings (SSSR count). The average Bonchev–Trinajstić information content (AvgIpc) is 2.64. The van der Waals surface area contributed by atoms with Crippen LogP contribution in [0.3, 0.4) is 0 Å². The van der Waals surface area contributed by atoms with Crippen LogP contribution in [-0.2, 0) is 10.2 Å². The zero-order chi connectivity index (χ0) is 18.6. The molecule has 2 aromatic rings. The number of aryl methyl sites for hydroxylation is 1. The molecule has 0 saturated carbocycles. The van der Waals surface area contributed by atoms with Gasteiger partial charge < -0.3 is 15.4 Å². The van der Waals surface area contributed by atoms with E-state index in [2.05, 4.69) is 43.7 Å². The fourth-order valence-corrected chi connectivity index (χ4v) is 4.02. The average molecular weight is 455 g/mol. The zero-order valence-corrected chi connectivity index (χ0v) is 17.7. The van der Waals surface area contributed by atoms with E-state index in [0.717, 1.165) is 47.7 Å². The van der Waals surface area contributed by atoms with Crippen molar-refractivity contribution in [1.82, 2.24) is 10.3 Å². The molecule has 0 spiro atoms. The third-order valence-electron chi connectivity index (χ3n) is 4.70. The van der Waals surface area contributed by atoms with Crippen LogP contribution in [-0.4, -0.2) is 29.9 Å². The van der Waals surface area contributed by atoms with Gasteiger partial charge in [-0.1, -0.05) is 23.7 Å². The molecular formula is C19H21BrClN3OS. The summed E-state index contributed by atoms with van der Waals surface area (Å²) in [5, 5.41) is 7.84. The lowest BCUT2D eigenvalue weighted by atomic mass is 9.74. The van der Waals surface area contributed by atoms with Gasteiger partial charge in [0.05, 0.1) is 4.47 Å². The molecule has 7 heteroatoms. The van der Waals surface area contributed by atoms with Crippen molar-refractivity contribution in [3.63, 3.8) is 0 Å². The predicted molar refractivity (Wildman–Crippen MR) is 114 cm³/mol. The normalized spacial score (nSPS) is 16.1. The second kappa shape index (κ2) is 8.65. The minimum Gasteiger partial charge on any atom is -0.381 e. The molecule has 0 atom stereocenters. The van der Waals surface area contributed by atoms with Gasteiger partial charge in [-0.2, -0.15) is 0 Å². The predicted octanol–water partition coefficient (Wildman–Crippen LogP) is 4.84. The number of nitrogens with one attached hydrogen (secondary N) is 2. The summed E-state index contributed by atoms with van der Waals surface area (Å²) < 4.78 is 6.47. The summed E-state index contributed by atoms with van der Waals surface area (Å²) in [6, 6.07) is 10.1. The van der Waals surface area contributed by atoms with Gasteiger partial charge in [0.1, 0.15) is 5.82 Å². The Balaban J connectivity index is 1.69. The van der Waals surface area contributed by atoms with Gasteiger partial charge in [0.15, 0.2) is 5.11 Å². The zero-order valence-electron chi connectivity index (χ0n) is 14.5. The molecule has 0 aliphatic carbocycles. The number of aromatic nitrogens is 1. The van der Waals surface area contributed by atoms with Gasteiger partial charge in [-0.3, -0.25) is 0 Å². The molecule has 2 heterocycles. The Kier molecular flexibility index (Phi) is 6.51. The number of hydrogen-bond acceptors (Lipinski definition) is 3. The van der Waals surface area contributed by atoms with E-state index in [1.165, 1.54) is 5.56 Å². The molecule has 0 bridgehead atoms. The molecular weight excluding hydrogens is 434 g/mol. The number of thiocarbonyl (C=S) groups is 1. The lowest BCUT2D eigenvalue weighted by Crippen LogP contribution is -2.45. The van der Waals surface area contributed by atoms with E-state index in [-0.39, 0.29) is 5.41 Å². The molecule has 1 aliphatic heterocycles. The summed E-state index contributed by atoms with van der Waals surface area (Å²) in [5.74, 6) is 0.709. The molecule has 0 unspecified atom stereocenters. The molecule has 1 aromatic carbocycles. The highest BCUT2D eigenvalue weighted by molar-refractivity contribution is 9.10. The fourth-order valence-electron chi connectivity index (χ4n) is 3.16. The molecule has 1 aliphatic rings. The van der Waals surface area contributed by atoms with Gasteiger partial charge in [-0.25, -0.2) is 4.98 Å². The first kappa shape index (κ1) is 19.5. The van der Waals surface area contributed by atoms with Crippen molar-refractivity contribution in [2.45, 2.75) is 25.2 Å². The number of ether oxygens (including phenoxy) is 1. The van der Waals surface area contributed by atoms with Crippen LogP contribution >= 0.6 is 39.7 Å². The molecule has 1 saturated heterocycles. The molecule has 26 heavy (non-hydrogen) atoms. The third kappa shape index (κ3) is 4.74. The van der Waals surface area contributed by atoms with Crippen LogP contribution in [0.4, 0.5) is 5.82 Å². The smallest absolute Gasteiger partial charge is 0.172 e. The Morgan fingerprint density at radius 2 is 2.00 bits per heavy atom. The number of pyridine rings is 1. The summed E-state index contributed by atoms with van der Waals surface area (Å²) in [7, 11) is 0. The maximum Gasteiger partial charge on any atom is 0.172 e. The molecule has 1 aromatic heterocycles. The SMILES string of the molecule is Cc1cnc(NC(=S)NCC2(c3ccc(Cl)cc3)CCOCC2)c(Br)c1. The number of nitrogens with zero attached hydrogens (tertiary/aromatic N) is 1. The largest absolute Gasteiger partial charge is 0.381 e. The van der Waals surface area contributed by atoms with E-state index < -0.39 is 0 Å². The second-order valence-corrected chi connectivity index (χ2v) is 8.25. The minimum absolute atomic E-state index is 0.0213. The van der Waals surface area contributed by atoms with E-state index >= 15 is 0 Å². The van der Waals surface area contributed by atoms with Gasteiger partial charge in [0.2, 0.25) is 0 Å². The summed E-state index contributed by atoms with van der Waals surface area (Å²) in [5.41, 5.74) is 2.33. The maximum atomic E-state index is 6.06. The van der Waals surface area contributed by atoms with Crippen LogP contribution in [0.25, 0.3) is 0 Å². The van der Waals surface area contributed by atoms with Crippen molar-refractivity contribution in [2.24, 2.45) is 0 Å². The van der Waals surface area contributed by atoms with E-state index in [4.69, 9.17) is 28.6 Å². The van der Waals surface area contributed by atoms with Crippen LogP contribution in [0.15, 0.2) is 41.0 Å². The van der Waals surface area contributed by atoms with Gasteiger partial charge >= 0.3 is 0 Å². The lowest BCUT2D eigenvalue weighted by molar-refractivity contribution is 0.0515. The molecule has 138 valence electrons. The van der Waals surface area contributed by atoms with Crippen LogP contribution in [0.2, 0.25) is 5.02 Å². The quantitative estimate of drug-likeness (QED) is 0.647. The number of rotatable bonds is 4. The minimum atomic E-state index is -0.0213. The van der Waals surface area contributed by atoms with Crippen molar-refractivity contribution in [1.29, 1.82) is 0 Å². The van der Waals surface area contributed by atoms with Gasteiger partial charge in [0, 0.05) is 36.4 Å². The number of hydrogen-bond donors (Lipinski definition) is 2. The highest BCUT2D eigenvalue weighted by atomic mass is 79.9. The van der Waals surface area contributed by atoms with Crippen molar-refractivity contribution in [2.75, 3.05) is 25.1 Å². The Labute approximate surface area is 172 Å². The topological polar surface area (TPSA) is 46.2 Å². The van der Waals surface area contributed by atoms with Crippen LogP contribution in [0.1, 0.15) is 24.0 Å². The van der Waals surface area contributed by atoms with Crippen molar-refractivity contribution in [3.05, 3.63) is 57.2 Å². The monoisotopic (exact) mass is 453 g/mol. The Morgan fingerprint density at radius 1 is 1.31 bits per heavy atom. The molecule has 4 nitrogen and oxygen atoms in total. The van der Waals surface area contributed by atoms with E-state index in [0.29, 0.717) is 10.9 Å². The standard InChI is InChI=1S/C19H21BrClN3OS/c1-13-10-16(20)17(22-11-13)24-18(26)23-12-19(6-8-25-9-7-19)14-2-4-15(21)5-3-14/h2-5,10-11H,6-9,12H2,1H3,(H2,22,23,24,26). The highest BCUT2D eigenvalue weighted by Crippen LogP contribution is 2.35. The third-order valence-corrected chi connectivity index (χ3v) is 5.81. The number of anilines is 1. The molecule has 2 N–H and O–H groups in total. The first-order valence-corrected chi connectivity index (χ1v) is 10.1. The van der Waals surface area contributed by atoms with Gasteiger partial charge in [-0.05, 0) is 77.2 Å². The summed E-state index contributed by atoms with van der Waals surface area (Å²) in [6.45, 7) is 4.22. The Hall–Kier alpha value is -1.21. The summed E-state index contributed by atoms with van der Waals surface area (Å²) >= 11 is 15.1. The van der Waals surface area contributed by atoms with Crippen LogP contribution < -0.4 is 10.6 Å². The van der Waals surface area contributed by atoms with Crippen molar-refractivity contribution >= 4 is 50.7 Å². The summed E-state index contributed by atoms with van der Waals surface area (Å²) in [6.07, 6.45) is 3.69. The molecule has 1 fully saturated rings. The van der Waals surface area contributed by atoms with E-state index in [9.17, 15) is 0 Å². The first-order valence-electron chi connectivity index (χ1n) is 8.49. The molecule has 0 radical (unpaired) electrons. The lowest BCUT2D eigenvalue weighted by Gasteiger charge is -2.38. The van der Waals surface area contributed by atoms with Gasteiger partial charge in [0.25, 0.3) is 0 Å². The second-order valence-electron chi connectivity index (χ2n) is 6.55. The van der Waals surface area contributed by atoms with Gasteiger partial charge in [-0.15, -0.1) is 0 Å². The maximum absolute atomic E-state index is 6.06. The number of benzene rings is 1. The van der Waals surface area contributed by atoms with Crippen LogP contribution in [0.5, 0.6) is 0 Å². The highest BCUT2D eigenvalue weighted by Gasteiger charge is 2.34. The number of halogens is 2. The van der Waals surface area contributed by atoms with E-state index in [1.807, 2.05) is 31.3 Å². The van der Waals surface area contributed by atoms with Crippen molar-refractivity contribution in [3.8, 4) is 0 Å². The Morgan fingerprint density at radius 3 is 2.65 bits per heavy atom. The van der Waals surface area contributed by atoms with Crippen molar-refractivity contribution < 1.29 is 4.74 Å². The first-order chi connectivity index (χ1) is 12.5. The summed E-state index contributed by atoms with van der Waals surface area (Å²) in [4.78, 5) is 4.38. The van der Waals surface area contributed by atoms with Crippen LogP contribution in [0, 0.1) is 6.92 Å².